The van der Waals surface area contributed by atoms with Gasteiger partial charge in [-0.2, -0.15) is 0 Å². The second kappa shape index (κ2) is 14.9. The lowest BCUT2D eigenvalue weighted by Gasteiger charge is -2.25. The van der Waals surface area contributed by atoms with Gasteiger partial charge in [-0.15, -0.1) is 0 Å². The van der Waals surface area contributed by atoms with E-state index in [0.717, 1.165) is 36.3 Å². The fourth-order valence-corrected chi connectivity index (χ4v) is 4.03. The van der Waals surface area contributed by atoms with Gasteiger partial charge in [0, 0.05) is 56.6 Å². The van der Waals surface area contributed by atoms with Crippen LogP contribution in [0.2, 0.25) is 0 Å². The Balaban J connectivity index is 1.86. The molecule has 0 saturated heterocycles. The third kappa shape index (κ3) is 8.46. The Morgan fingerprint density at radius 3 is 2.48 bits per heavy atom. The van der Waals surface area contributed by atoms with Gasteiger partial charge in [0.1, 0.15) is 17.3 Å². The van der Waals surface area contributed by atoms with E-state index >= 15 is 0 Å². The molecule has 0 radical (unpaired) electrons. The summed E-state index contributed by atoms with van der Waals surface area (Å²) in [5.74, 6) is 0.589. The molecule has 0 bridgehead atoms. The summed E-state index contributed by atoms with van der Waals surface area (Å²) >= 11 is 0. The van der Waals surface area contributed by atoms with Crippen molar-refractivity contribution in [2.75, 3.05) is 58.2 Å². The Labute approximate surface area is 236 Å². The van der Waals surface area contributed by atoms with Crippen LogP contribution in [-0.2, 0) is 22.6 Å². The van der Waals surface area contributed by atoms with Crippen molar-refractivity contribution in [3.8, 4) is 5.75 Å². The molecule has 3 rings (SSSR count). The summed E-state index contributed by atoms with van der Waals surface area (Å²) in [6.07, 6.45) is 4.08. The fourth-order valence-electron chi connectivity index (χ4n) is 4.03. The molecule has 212 valence electrons. The molecule has 0 fully saturated rings. The topological polar surface area (TPSA) is 96.9 Å². The maximum atomic E-state index is 13.2. The van der Waals surface area contributed by atoms with Crippen LogP contribution in [0.5, 0.6) is 5.75 Å². The van der Waals surface area contributed by atoms with Crippen LogP contribution in [0.4, 0.5) is 11.4 Å². The molecule has 0 saturated carbocycles. The average molecular weight is 546 g/mol. The SMILES string of the molecule is C=CC(=O)Nc1cc(Cc2nccc(C(=O)c3ccc(COCCC)cc3)n2)c(OC)cc1N(C)CCN(C)C. The lowest BCUT2D eigenvalue weighted by molar-refractivity contribution is -0.111. The van der Waals surface area contributed by atoms with Crippen LogP contribution in [0.15, 0.2) is 61.3 Å². The number of nitrogens with zero attached hydrogens (tertiary/aromatic N) is 4. The van der Waals surface area contributed by atoms with Crippen molar-refractivity contribution < 1.29 is 19.1 Å². The van der Waals surface area contributed by atoms with Crippen LogP contribution in [0, 0.1) is 0 Å². The summed E-state index contributed by atoms with van der Waals surface area (Å²) in [7, 11) is 7.58. The summed E-state index contributed by atoms with van der Waals surface area (Å²) in [4.78, 5) is 38.5. The lowest BCUT2D eigenvalue weighted by Crippen LogP contribution is -2.29. The zero-order chi connectivity index (χ0) is 29.1. The van der Waals surface area contributed by atoms with Crippen molar-refractivity contribution in [2.24, 2.45) is 0 Å². The smallest absolute Gasteiger partial charge is 0.247 e. The van der Waals surface area contributed by atoms with Crippen molar-refractivity contribution in [1.29, 1.82) is 0 Å². The highest BCUT2D eigenvalue weighted by Gasteiger charge is 2.18. The normalized spacial score (nSPS) is 10.8. The number of carbonyl (C=O) groups is 2. The number of methoxy groups -OCH3 is 1. The predicted octanol–water partition coefficient (Wildman–Crippen LogP) is 4.36. The highest BCUT2D eigenvalue weighted by atomic mass is 16.5. The first-order valence-electron chi connectivity index (χ1n) is 13.3. The molecule has 1 N–H and O–H groups in total. The Morgan fingerprint density at radius 2 is 1.82 bits per heavy atom. The predicted molar refractivity (Wildman–Crippen MR) is 158 cm³/mol. The van der Waals surface area contributed by atoms with Gasteiger partial charge >= 0.3 is 0 Å². The molecule has 0 unspecified atom stereocenters. The van der Waals surface area contributed by atoms with Gasteiger partial charge in [0.15, 0.2) is 0 Å². The Morgan fingerprint density at radius 1 is 1.07 bits per heavy atom. The Bertz CT molecular complexity index is 1310. The number of ether oxygens (including phenoxy) is 2. The lowest BCUT2D eigenvalue weighted by atomic mass is 10.0. The Kier molecular flexibility index (Phi) is 11.4. The molecule has 1 aromatic heterocycles. The fraction of sp³-hybridized carbons (Fsp3) is 0.355. The van der Waals surface area contributed by atoms with E-state index < -0.39 is 0 Å². The molecular weight excluding hydrogens is 506 g/mol. The zero-order valence-corrected chi connectivity index (χ0v) is 24.1. The minimum atomic E-state index is -0.315. The molecule has 2 aromatic carbocycles. The van der Waals surface area contributed by atoms with Gasteiger partial charge in [-0.1, -0.05) is 37.8 Å². The second-order valence-electron chi connectivity index (χ2n) is 9.71. The molecule has 0 aliphatic carbocycles. The number of ketones is 1. The molecule has 9 heteroatoms. The van der Waals surface area contributed by atoms with Crippen LogP contribution in [0.3, 0.4) is 0 Å². The molecule has 1 heterocycles. The van der Waals surface area contributed by atoms with Crippen LogP contribution in [0.25, 0.3) is 0 Å². The highest BCUT2D eigenvalue weighted by molar-refractivity contribution is 6.07. The maximum absolute atomic E-state index is 13.2. The third-order valence-corrected chi connectivity index (χ3v) is 6.26. The molecule has 0 atom stereocenters. The van der Waals surface area contributed by atoms with E-state index in [2.05, 4.69) is 38.6 Å². The first-order chi connectivity index (χ1) is 19.2. The van der Waals surface area contributed by atoms with E-state index in [9.17, 15) is 9.59 Å². The molecule has 0 aliphatic heterocycles. The summed E-state index contributed by atoms with van der Waals surface area (Å²) in [5.41, 5.74) is 4.06. The zero-order valence-electron chi connectivity index (χ0n) is 24.1. The van der Waals surface area contributed by atoms with Crippen LogP contribution >= 0.6 is 0 Å². The Hall–Kier alpha value is -4.08. The van der Waals surface area contributed by atoms with E-state index in [1.807, 2.05) is 45.4 Å². The highest BCUT2D eigenvalue weighted by Crippen LogP contribution is 2.34. The first-order valence-corrected chi connectivity index (χ1v) is 13.3. The number of hydrogen-bond acceptors (Lipinski definition) is 8. The number of carbonyl (C=O) groups excluding carboxylic acids is 2. The van der Waals surface area contributed by atoms with E-state index in [1.165, 1.54) is 6.08 Å². The largest absolute Gasteiger partial charge is 0.496 e. The minimum absolute atomic E-state index is 0.187. The summed E-state index contributed by atoms with van der Waals surface area (Å²) in [6.45, 7) is 8.43. The quantitative estimate of drug-likeness (QED) is 0.171. The number of benzene rings is 2. The van der Waals surface area contributed by atoms with Gasteiger partial charge < -0.3 is 24.6 Å². The molecular formula is C31H39N5O4. The van der Waals surface area contributed by atoms with Crippen molar-refractivity contribution in [3.05, 3.63) is 89.5 Å². The number of anilines is 2. The molecule has 40 heavy (non-hydrogen) atoms. The number of likely N-dealkylation sites (N-methyl/N-ethyl adjacent to an activating group) is 2. The maximum Gasteiger partial charge on any atom is 0.247 e. The number of amides is 1. The summed E-state index contributed by atoms with van der Waals surface area (Å²) < 4.78 is 11.3. The molecule has 3 aromatic rings. The number of nitrogens with one attached hydrogen (secondary N) is 1. The van der Waals surface area contributed by atoms with Crippen molar-refractivity contribution in [2.45, 2.75) is 26.4 Å². The number of aromatic nitrogens is 2. The van der Waals surface area contributed by atoms with Crippen LogP contribution in [-0.4, -0.2) is 74.5 Å². The monoisotopic (exact) mass is 545 g/mol. The van der Waals surface area contributed by atoms with Gasteiger partial charge in [0.05, 0.1) is 25.1 Å². The summed E-state index contributed by atoms with van der Waals surface area (Å²) in [5, 5.41) is 2.91. The van der Waals surface area contributed by atoms with Gasteiger partial charge in [-0.05, 0) is 44.3 Å². The van der Waals surface area contributed by atoms with Gasteiger partial charge in [-0.25, -0.2) is 9.97 Å². The van der Waals surface area contributed by atoms with Gasteiger partial charge in [0.2, 0.25) is 11.7 Å². The van der Waals surface area contributed by atoms with Gasteiger partial charge in [0.25, 0.3) is 0 Å². The van der Waals surface area contributed by atoms with Crippen molar-refractivity contribution in [3.63, 3.8) is 0 Å². The molecule has 0 aliphatic rings. The van der Waals surface area contributed by atoms with E-state index in [0.29, 0.717) is 48.2 Å². The number of rotatable bonds is 15. The van der Waals surface area contributed by atoms with E-state index in [4.69, 9.17) is 9.47 Å². The summed E-state index contributed by atoms with van der Waals surface area (Å²) in [6, 6.07) is 12.7. The van der Waals surface area contributed by atoms with Gasteiger partial charge in [-0.3, -0.25) is 9.59 Å². The third-order valence-electron chi connectivity index (χ3n) is 6.26. The van der Waals surface area contributed by atoms with Crippen LogP contribution in [0.1, 0.15) is 46.3 Å². The molecule has 9 nitrogen and oxygen atoms in total. The number of hydrogen-bond donors (Lipinski definition) is 1. The molecule has 0 spiro atoms. The minimum Gasteiger partial charge on any atom is -0.496 e. The van der Waals surface area contributed by atoms with E-state index in [1.54, 1.807) is 31.5 Å². The van der Waals surface area contributed by atoms with Crippen molar-refractivity contribution in [1.82, 2.24) is 14.9 Å². The van der Waals surface area contributed by atoms with Crippen LogP contribution < -0.4 is 15.0 Å². The standard InChI is InChI=1S/C31H39N5O4/c1-7-17-40-21-22-9-11-23(12-10-22)31(38)25-13-14-32-29(33-25)19-24-18-26(34-30(37)8-2)27(20-28(24)39-6)36(5)16-15-35(3)4/h8-14,18,20H,2,7,15-17,19,21H2,1,3-6H3,(H,34,37). The average Bonchev–Trinajstić information content (AvgIpc) is 2.96. The molecule has 1 amide bonds. The first kappa shape index (κ1) is 30.5. The van der Waals surface area contributed by atoms with Crippen molar-refractivity contribution >= 4 is 23.1 Å². The second-order valence-corrected chi connectivity index (χ2v) is 9.71. The van der Waals surface area contributed by atoms with E-state index in [-0.39, 0.29) is 11.7 Å².